The van der Waals surface area contributed by atoms with Gasteiger partial charge in [0.05, 0.1) is 6.04 Å². The third-order valence-electron chi connectivity index (χ3n) is 4.53. The monoisotopic (exact) mass is 285 g/mol. The maximum Gasteiger partial charge on any atom is 0.0525 e. The van der Waals surface area contributed by atoms with E-state index in [9.17, 15) is 0 Å². The number of benzene rings is 3. The third-order valence-corrected chi connectivity index (χ3v) is 4.53. The first-order valence-corrected chi connectivity index (χ1v) is 7.87. The van der Waals surface area contributed by atoms with E-state index in [0.717, 1.165) is 6.42 Å². The molecule has 0 saturated carbocycles. The lowest BCUT2D eigenvalue weighted by atomic mass is 9.93. The molecule has 0 radical (unpaired) electrons. The number of fused-ring (bicyclic) bond motifs is 1. The molecule has 0 spiro atoms. The van der Waals surface area contributed by atoms with Gasteiger partial charge in [-0.15, -0.1) is 0 Å². The van der Waals surface area contributed by atoms with Crippen molar-refractivity contribution in [3.63, 3.8) is 0 Å². The van der Waals surface area contributed by atoms with Gasteiger partial charge in [-0.25, -0.2) is 0 Å². The van der Waals surface area contributed by atoms with Gasteiger partial charge in [-0.2, -0.15) is 0 Å². The fourth-order valence-electron chi connectivity index (χ4n) is 3.51. The lowest BCUT2D eigenvalue weighted by Crippen LogP contribution is -2.07. The highest BCUT2D eigenvalue weighted by Crippen LogP contribution is 2.45. The maximum absolute atomic E-state index is 3.70. The average molecular weight is 285 g/mol. The lowest BCUT2D eigenvalue weighted by Gasteiger charge is -2.16. The maximum atomic E-state index is 3.70. The van der Waals surface area contributed by atoms with Crippen molar-refractivity contribution in [2.75, 3.05) is 5.32 Å². The second kappa shape index (κ2) is 5.69. The van der Waals surface area contributed by atoms with Gasteiger partial charge in [0.2, 0.25) is 0 Å². The molecular formula is C21H19N. The first kappa shape index (κ1) is 13.1. The van der Waals surface area contributed by atoms with E-state index in [1.165, 1.54) is 22.4 Å². The minimum atomic E-state index is 0.379. The fourth-order valence-corrected chi connectivity index (χ4v) is 3.51. The number of anilines is 1. The Morgan fingerprint density at radius 1 is 0.636 bits per heavy atom. The summed E-state index contributed by atoms with van der Waals surface area (Å²) in [6, 6.07) is 30.6. The van der Waals surface area contributed by atoms with Gasteiger partial charge in [0, 0.05) is 11.6 Å². The van der Waals surface area contributed by atoms with Gasteiger partial charge in [0.25, 0.3) is 0 Å². The van der Waals surface area contributed by atoms with Crippen LogP contribution in [-0.2, 0) is 0 Å². The van der Waals surface area contributed by atoms with E-state index in [2.05, 4.69) is 90.2 Å². The SMILES string of the molecule is c1ccc(NC2CC(c3ccccc3)c3ccccc32)cc1. The average Bonchev–Trinajstić information content (AvgIpc) is 2.96. The zero-order valence-corrected chi connectivity index (χ0v) is 12.4. The summed E-state index contributed by atoms with van der Waals surface area (Å²) >= 11 is 0. The van der Waals surface area contributed by atoms with Crippen molar-refractivity contribution in [3.8, 4) is 0 Å². The van der Waals surface area contributed by atoms with Crippen molar-refractivity contribution >= 4 is 5.69 Å². The van der Waals surface area contributed by atoms with Gasteiger partial charge in [-0.1, -0.05) is 72.8 Å². The van der Waals surface area contributed by atoms with Crippen molar-refractivity contribution < 1.29 is 0 Å². The summed E-state index contributed by atoms with van der Waals surface area (Å²) in [6.45, 7) is 0. The smallest absolute Gasteiger partial charge is 0.0525 e. The number of hydrogen-bond acceptors (Lipinski definition) is 1. The van der Waals surface area contributed by atoms with Crippen molar-refractivity contribution in [2.45, 2.75) is 18.4 Å². The quantitative estimate of drug-likeness (QED) is 0.681. The Kier molecular flexibility index (Phi) is 3.40. The largest absolute Gasteiger partial charge is 0.378 e. The van der Waals surface area contributed by atoms with Gasteiger partial charge in [0.15, 0.2) is 0 Å². The van der Waals surface area contributed by atoms with Crippen molar-refractivity contribution in [1.29, 1.82) is 0 Å². The molecular weight excluding hydrogens is 266 g/mol. The third kappa shape index (κ3) is 2.39. The topological polar surface area (TPSA) is 12.0 Å². The molecule has 0 fully saturated rings. The van der Waals surface area contributed by atoms with Crippen LogP contribution in [-0.4, -0.2) is 0 Å². The second-order valence-corrected chi connectivity index (χ2v) is 5.89. The molecule has 1 aliphatic carbocycles. The van der Waals surface area contributed by atoms with Crippen LogP contribution in [0.2, 0.25) is 0 Å². The van der Waals surface area contributed by atoms with Crippen molar-refractivity contribution in [3.05, 3.63) is 102 Å². The van der Waals surface area contributed by atoms with Gasteiger partial charge in [-0.05, 0) is 35.2 Å². The van der Waals surface area contributed by atoms with Crippen LogP contribution in [0, 0.1) is 0 Å². The molecule has 1 heteroatoms. The molecule has 2 atom stereocenters. The van der Waals surface area contributed by atoms with Crippen LogP contribution in [0.5, 0.6) is 0 Å². The zero-order chi connectivity index (χ0) is 14.8. The first-order chi connectivity index (χ1) is 10.9. The van der Waals surface area contributed by atoms with Crippen LogP contribution in [0.4, 0.5) is 5.69 Å². The summed E-state index contributed by atoms with van der Waals surface area (Å²) in [5.74, 6) is 0.485. The van der Waals surface area contributed by atoms with E-state index >= 15 is 0 Å². The van der Waals surface area contributed by atoms with Crippen LogP contribution >= 0.6 is 0 Å². The highest BCUT2D eigenvalue weighted by atomic mass is 14.9. The van der Waals surface area contributed by atoms with E-state index in [-0.39, 0.29) is 0 Å². The molecule has 1 aliphatic rings. The predicted octanol–water partition coefficient (Wildman–Crippen LogP) is 5.38. The Labute approximate surface area is 131 Å². The normalized spacial score (nSPS) is 19.6. The molecule has 0 saturated heterocycles. The van der Waals surface area contributed by atoms with Crippen LogP contribution in [0.25, 0.3) is 0 Å². The van der Waals surface area contributed by atoms with E-state index in [1.54, 1.807) is 0 Å². The van der Waals surface area contributed by atoms with E-state index in [1.807, 2.05) is 0 Å². The van der Waals surface area contributed by atoms with Crippen LogP contribution in [0.3, 0.4) is 0 Å². The molecule has 3 aromatic rings. The molecule has 0 heterocycles. The Balaban J connectivity index is 1.68. The lowest BCUT2D eigenvalue weighted by molar-refractivity contribution is 0.697. The van der Waals surface area contributed by atoms with Crippen LogP contribution < -0.4 is 5.32 Å². The first-order valence-electron chi connectivity index (χ1n) is 7.87. The van der Waals surface area contributed by atoms with E-state index in [0.29, 0.717) is 12.0 Å². The number of rotatable bonds is 3. The predicted molar refractivity (Wildman–Crippen MR) is 92.1 cm³/mol. The number of hydrogen-bond donors (Lipinski definition) is 1. The van der Waals surface area contributed by atoms with Gasteiger partial charge in [0.1, 0.15) is 0 Å². The molecule has 22 heavy (non-hydrogen) atoms. The molecule has 0 bridgehead atoms. The minimum Gasteiger partial charge on any atom is -0.378 e. The summed E-state index contributed by atoms with van der Waals surface area (Å²) in [5.41, 5.74) is 5.49. The Morgan fingerprint density at radius 3 is 1.95 bits per heavy atom. The molecule has 4 rings (SSSR count). The Bertz CT molecular complexity index is 749. The summed E-state index contributed by atoms with van der Waals surface area (Å²) in [5, 5.41) is 3.70. The van der Waals surface area contributed by atoms with Crippen molar-refractivity contribution in [2.24, 2.45) is 0 Å². The number of nitrogens with one attached hydrogen (secondary N) is 1. The van der Waals surface area contributed by atoms with Gasteiger partial charge >= 0.3 is 0 Å². The molecule has 3 aromatic carbocycles. The summed E-state index contributed by atoms with van der Waals surface area (Å²) in [7, 11) is 0. The highest BCUT2D eigenvalue weighted by molar-refractivity contribution is 5.51. The molecule has 108 valence electrons. The molecule has 0 amide bonds. The van der Waals surface area contributed by atoms with E-state index < -0.39 is 0 Å². The highest BCUT2D eigenvalue weighted by Gasteiger charge is 2.31. The van der Waals surface area contributed by atoms with Crippen LogP contribution in [0.15, 0.2) is 84.9 Å². The molecule has 0 aromatic heterocycles. The Hall–Kier alpha value is -2.54. The minimum absolute atomic E-state index is 0.379. The van der Waals surface area contributed by atoms with Gasteiger partial charge < -0.3 is 5.32 Å². The van der Waals surface area contributed by atoms with Gasteiger partial charge in [-0.3, -0.25) is 0 Å². The molecule has 2 unspecified atom stereocenters. The summed E-state index contributed by atoms with van der Waals surface area (Å²) < 4.78 is 0. The second-order valence-electron chi connectivity index (χ2n) is 5.89. The standard InChI is InChI=1S/C21H19N/c1-3-9-16(10-4-1)20-15-21(19-14-8-7-13-18(19)20)22-17-11-5-2-6-12-17/h1-14,20-22H,15H2. The van der Waals surface area contributed by atoms with Crippen molar-refractivity contribution in [1.82, 2.24) is 0 Å². The number of para-hydroxylation sites is 1. The molecule has 1 N–H and O–H groups in total. The zero-order valence-electron chi connectivity index (χ0n) is 12.4. The Morgan fingerprint density at radius 2 is 1.23 bits per heavy atom. The molecule has 1 nitrogen and oxygen atoms in total. The molecule has 0 aliphatic heterocycles. The fraction of sp³-hybridized carbons (Fsp3) is 0.143. The summed E-state index contributed by atoms with van der Waals surface area (Å²) in [6.07, 6.45) is 1.11. The van der Waals surface area contributed by atoms with E-state index in [4.69, 9.17) is 0 Å². The van der Waals surface area contributed by atoms with Crippen LogP contribution in [0.1, 0.15) is 35.1 Å². The summed E-state index contributed by atoms with van der Waals surface area (Å²) in [4.78, 5) is 0.